The van der Waals surface area contributed by atoms with Crippen molar-refractivity contribution in [1.29, 1.82) is 0 Å². The highest BCUT2D eigenvalue weighted by Gasteiger charge is 2.43. The third kappa shape index (κ3) is 3.24. The summed E-state index contributed by atoms with van der Waals surface area (Å²) < 4.78 is 0. The lowest BCUT2D eigenvalue weighted by atomic mass is 9.90. The highest BCUT2D eigenvalue weighted by molar-refractivity contribution is 6.07. The van der Waals surface area contributed by atoms with Gasteiger partial charge in [-0.3, -0.25) is 14.9 Å². The highest BCUT2D eigenvalue weighted by Crippen LogP contribution is 2.26. The minimum absolute atomic E-state index is 0.0260. The minimum atomic E-state index is -1.11. The number of carbonyl (C=O) groups excluding carboxylic acids is 3. The second kappa shape index (κ2) is 6.48. The van der Waals surface area contributed by atoms with Gasteiger partial charge in [-0.25, -0.2) is 4.79 Å². The van der Waals surface area contributed by atoms with Crippen molar-refractivity contribution in [2.24, 2.45) is 11.7 Å². The molecule has 7 heteroatoms. The molecule has 2 saturated heterocycles. The molecule has 0 aliphatic carbocycles. The van der Waals surface area contributed by atoms with Crippen LogP contribution in [0.3, 0.4) is 0 Å². The van der Waals surface area contributed by atoms with Gasteiger partial charge in [0.1, 0.15) is 5.54 Å². The van der Waals surface area contributed by atoms with Crippen LogP contribution in [0.5, 0.6) is 0 Å². The number of nitrogens with one attached hydrogen (secondary N) is 2. The number of nitrogens with two attached hydrogens (primary N) is 1. The predicted octanol–water partition coefficient (Wildman–Crippen LogP) is 0.941. The molecule has 0 spiro atoms. The molecule has 4 amide bonds. The summed E-state index contributed by atoms with van der Waals surface area (Å²) in [5.41, 5.74) is 6.09. The second-order valence-electron chi connectivity index (χ2n) is 7.12. The monoisotopic (exact) mass is 344 g/mol. The van der Waals surface area contributed by atoms with Crippen LogP contribution in [0.4, 0.5) is 4.79 Å². The second-order valence-corrected chi connectivity index (χ2v) is 7.12. The number of piperidine rings is 1. The van der Waals surface area contributed by atoms with Gasteiger partial charge in [0.2, 0.25) is 0 Å². The third-order valence-corrected chi connectivity index (χ3v) is 5.24. The van der Waals surface area contributed by atoms with Gasteiger partial charge in [-0.2, -0.15) is 0 Å². The molecule has 2 heterocycles. The Hall–Kier alpha value is -2.41. The van der Waals surface area contributed by atoms with Crippen LogP contribution in [0.25, 0.3) is 0 Å². The number of amides is 4. The maximum absolute atomic E-state index is 12.7. The molecule has 0 saturated carbocycles. The van der Waals surface area contributed by atoms with Crippen molar-refractivity contribution in [3.63, 3.8) is 0 Å². The summed E-state index contributed by atoms with van der Waals surface area (Å²) in [6, 6.07) is 6.40. The van der Waals surface area contributed by atoms with E-state index in [4.69, 9.17) is 5.73 Å². The van der Waals surface area contributed by atoms with Gasteiger partial charge in [-0.05, 0) is 50.3 Å². The highest BCUT2D eigenvalue weighted by atomic mass is 16.2. The standard InChI is InChI=1S/C18H24N4O3/c1-11(19)13-4-3-9-22(10-13)15(23)12-5-7-14(8-6-12)18(2)16(24)20-17(25)21-18/h5-8,11,13H,3-4,9-10,19H2,1-2H3,(H2,20,21,24,25)/t11-,13+,18+/m0/s1. The van der Waals surface area contributed by atoms with Crippen LogP contribution in [-0.2, 0) is 10.3 Å². The van der Waals surface area contributed by atoms with Crippen LogP contribution in [0.15, 0.2) is 24.3 Å². The van der Waals surface area contributed by atoms with Crippen LogP contribution in [0.2, 0.25) is 0 Å². The zero-order valence-corrected chi connectivity index (χ0v) is 14.5. The van der Waals surface area contributed by atoms with E-state index in [-0.39, 0.29) is 11.9 Å². The molecule has 134 valence electrons. The summed E-state index contributed by atoms with van der Waals surface area (Å²) in [5.74, 6) is -0.0948. The molecule has 3 atom stereocenters. The number of likely N-dealkylation sites (tertiary alicyclic amines) is 1. The normalized spacial score (nSPS) is 27.6. The van der Waals surface area contributed by atoms with Gasteiger partial charge in [0.15, 0.2) is 0 Å². The maximum atomic E-state index is 12.7. The van der Waals surface area contributed by atoms with E-state index in [0.717, 1.165) is 19.4 Å². The van der Waals surface area contributed by atoms with Crippen molar-refractivity contribution in [1.82, 2.24) is 15.5 Å². The molecule has 2 fully saturated rings. The molecule has 2 aliphatic rings. The molecule has 0 bridgehead atoms. The Morgan fingerprint density at radius 2 is 2.00 bits per heavy atom. The van der Waals surface area contributed by atoms with Crippen LogP contribution in [0.1, 0.15) is 42.6 Å². The molecule has 4 N–H and O–H groups in total. The van der Waals surface area contributed by atoms with E-state index >= 15 is 0 Å². The fraction of sp³-hybridized carbons (Fsp3) is 0.500. The first-order valence-corrected chi connectivity index (χ1v) is 8.60. The van der Waals surface area contributed by atoms with Crippen molar-refractivity contribution < 1.29 is 14.4 Å². The lowest BCUT2D eigenvalue weighted by molar-refractivity contribution is -0.123. The topological polar surface area (TPSA) is 105 Å². The molecule has 7 nitrogen and oxygen atoms in total. The number of rotatable bonds is 3. The number of hydrogen-bond acceptors (Lipinski definition) is 4. The van der Waals surface area contributed by atoms with Gasteiger partial charge >= 0.3 is 6.03 Å². The first-order valence-electron chi connectivity index (χ1n) is 8.60. The predicted molar refractivity (Wildman–Crippen MR) is 92.7 cm³/mol. The minimum Gasteiger partial charge on any atom is -0.338 e. The van der Waals surface area contributed by atoms with Crippen LogP contribution in [-0.4, -0.2) is 41.9 Å². The smallest absolute Gasteiger partial charge is 0.322 e. The summed E-state index contributed by atoms with van der Waals surface area (Å²) in [6.45, 7) is 5.03. The fourth-order valence-corrected chi connectivity index (χ4v) is 3.50. The van der Waals surface area contributed by atoms with E-state index in [0.29, 0.717) is 23.6 Å². The molecule has 2 aliphatic heterocycles. The molecule has 0 radical (unpaired) electrons. The number of hydrogen-bond donors (Lipinski definition) is 3. The van der Waals surface area contributed by atoms with Crippen LogP contribution in [0, 0.1) is 5.92 Å². The molecule has 3 rings (SSSR count). The first-order chi connectivity index (χ1) is 11.8. The number of benzene rings is 1. The quantitative estimate of drug-likeness (QED) is 0.710. The Balaban J connectivity index is 1.75. The third-order valence-electron chi connectivity index (χ3n) is 5.24. The van der Waals surface area contributed by atoms with Gasteiger partial charge < -0.3 is 16.0 Å². The zero-order valence-electron chi connectivity index (χ0n) is 14.5. The summed E-state index contributed by atoms with van der Waals surface area (Å²) in [4.78, 5) is 38.0. The van der Waals surface area contributed by atoms with E-state index in [9.17, 15) is 14.4 Å². The Morgan fingerprint density at radius 1 is 1.32 bits per heavy atom. The molecule has 1 aromatic carbocycles. The number of imide groups is 1. The molecule has 1 aromatic rings. The Labute approximate surface area is 146 Å². The Bertz CT molecular complexity index is 701. The van der Waals surface area contributed by atoms with Crippen LogP contribution < -0.4 is 16.4 Å². The van der Waals surface area contributed by atoms with E-state index < -0.39 is 17.5 Å². The summed E-state index contributed by atoms with van der Waals surface area (Å²) >= 11 is 0. The van der Waals surface area contributed by atoms with Gasteiger partial charge in [0.25, 0.3) is 11.8 Å². The number of carbonyl (C=O) groups is 3. The van der Waals surface area contributed by atoms with Crippen LogP contribution >= 0.6 is 0 Å². The summed E-state index contributed by atoms with van der Waals surface area (Å²) in [5, 5.41) is 4.85. The largest absolute Gasteiger partial charge is 0.338 e. The number of nitrogens with zero attached hydrogens (tertiary/aromatic N) is 1. The van der Waals surface area contributed by atoms with Crippen molar-refractivity contribution in [2.75, 3.05) is 13.1 Å². The zero-order chi connectivity index (χ0) is 18.2. The number of urea groups is 1. The SMILES string of the molecule is C[C@H](N)[C@@H]1CCCN(C(=O)c2ccc([C@@]3(C)NC(=O)NC3=O)cc2)C1. The van der Waals surface area contributed by atoms with Crippen molar-refractivity contribution in [3.05, 3.63) is 35.4 Å². The lowest BCUT2D eigenvalue weighted by Gasteiger charge is -2.34. The van der Waals surface area contributed by atoms with E-state index in [2.05, 4.69) is 10.6 Å². The molecular formula is C18H24N4O3. The van der Waals surface area contributed by atoms with E-state index in [1.54, 1.807) is 31.2 Å². The molecule has 0 aromatic heterocycles. The Kier molecular flexibility index (Phi) is 4.51. The van der Waals surface area contributed by atoms with E-state index in [1.165, 1.54) is 0 Å². The average Bonchev–Trinajstić information content (AvgIpc) is 2.87. The van der Waals surface area contributed by atoms with Gasteiger partial charge in [0.05, 0.1) is 0 Å². The summed E-state index contributed by atoms with van der Waals surface area (Å²) in [7, 11) is 0. The first kappa shape index (κ1) is 17.4. The Morgan fingerprint density at radius 3 is 2.56 bits per heavy atom. The molecule has 25 heavy (non-hydrogen) atoms. The van der Waals surface area contributed by atoms with Gasteiger partial charge in [-0.15, -0.1) is 0 Å². The molecular weight excluding hydrogens is 320 g/mol. The van der Waals surface area contributed by atoms with Crippen molar-refractivity contribution in [3.8, 4) is 0 Å². The van der Waals surface area contributed by atoms with Crippen molar-refractivity contribution >= 4 is 17.8 Å². The average molecular weight is 344 g/mol. The van der Waals surface area contributed by atoms with Gasteiger partial charge in [0, 0.05) is 24.7 Å². The lowest BCUT2D eigenvalue weighted by Crippen LogP contribution is -2.45. The van der Waals surface area contributed by atoms with Gasteiger partial charge in [-0.1, -0.05) is 12.1 Å². The molecule has 0 unspecified atom stereocenters. The fourth-order valence-electron chi connectivity index (χ4n) is 3.50. The maximum Gasteiger partial charge on any atom is 0.322 e. The summed E-state index contributed by atoms with van der Waals surface area (Å²) in [6.07, 6.45) is 2.01. The van der Waals surface area contributed by atoms with E-state index in [1.807, 2.05) is 11.8 Å². The van der Waals surface area contributed by atoms with Crippen molar-refractivity contribution in [2.45, 2.75) is 38.3 Å².